The van der Waals surface area contributed by atoms with E-state index in [2.05, 4.69) is 0 Å². The lowest BCUT2D eigenvalue weighted by Gasteiger charge is -2.28. The third-order valence-electron chi connectivity index (χ3n) is 3.43. The standard InChI is InChI=1S/C15H25NO5/c1-6-15(5,9-10-20-14(2,3)4)13(19)21-16-11(17)7-8-12(16)18/h7-8,17-18H,6,9-10H2,1-5H3. The Morgan fingerprint density at radius 3 is 2.14 bits per heavy atom. The maximum Gasteiger partial charge on any atom is 0.339 e. The molecule has 0 saturated heterocycles. The molecule has 0 saturated carbocycles. The second-order valence-corrected chi connectivity index (χ2v) is 6.35. The first-order chi connectivity index (χ1) is 9.59. The van der Waals surface area contributed by atoms with Crippen molar-refractivity contribution in [1.29, 1.82) is 0 Å². The molecule has 0 aromatic carbocycles. The van der Waals surface area contributed by atoms with Crippen LogP contribution in [0.3, 0.4) is 0 Å². The lowest BCUT2D eigenvalue weighted by atomic mass is 9.84. The number of hydrogen-bond acceptors (Lipinski definition) is 5. The van der Waals surface area contributed by atoms with Crippen LogP contribution in [-0.4, -0.2) is 33.1 Å². The zero-order valence-electron chi connectivity index (χ0n) is 13.3. The fourth-order valence-corrected chi connectivity index (χ4v) is 1.69. The van der Waals surface area contributed by atoms with E-state index in [1.54, 1.807) is 6.92 Å². The predicted molar refractivity (Wildman–Crippen MR) is 78.1 cm³/mol. The van der Waals surface area contributed by atoms with Crippen LogP contribution in [0.15, 0.2) is 12.1 Å². The van der Waals surface area contributed by atoms with Crippen LogP contribution in [0, 0.1) is 5.41 Å². The summed E-state index contributed by atoms with van der Waals surface area (Å²) in [5.41, 5.74) is -1.02. The molecule has 1 heterocycles. The topological polar surface area (TPSA) is 80.9 Å². The Labute approximate surface area is 125 Å². The van der Waals surface area contributed by atoms with Crippen molar-refractivity contribution >= 4 is 5.97 Å². The summed E-state index contributed by atoms with van der Waals surface area (Å²) in [4.78, 5) is 17.4. The van der Waals surface area contributed by atoms with Gasteiger partial charge in [-0.1, -0.05) is 6.92 Å². The van der Waals surface area contributed by atoms with Gasteiger partial charge < -0.3 is 19.8 Å². The molecule has 21 heavy (non-hydrogen) atoms. The molecule has 1 unspecified atom stereocenters. The fraction of sp³-hybridized carbons (Fsp3) is 0.667. The van der Waals surface area contributed by atoms with E-state index in [-0.39, 0.29) is 17.4 Å². The lowest BCUT2D eigenvalue weighted by molar-refractivity contribution is -0.159. The minimum absolute atomic E-state index is 0.268. The maximum absolute atomic E-state index is 12.3. The third kappa shape index (κ3) is 4.67. The maximum atomic E-state index is 12.3. The highest BCUT2D eigenvalue weighted by atomic mass is 16.7. The average molecular weight is 299 g/mol. The van der Waals surface area contributed by atoms with Gasteiger partial charge in [0.25, 0.3) is 0 Å². The number of carbonyl (C=O) groups is 1. The van der Waals surface area contributed by atoms with E-state index in [1.807, 2.05) is 27.7 Å². The van der Waals surface area contributed by atoms with Crippen molar-refractivity contribution in [2.75, 3.05) is 6.61 Å². The molecule has 1 rings (SSSR count). The molecular weight excluding hydrogens is 274 g/mol. The first-order valence-electron chi connectivity index (χ1n) is 7.05. The van der Waals surface area contributed by atoms with Crippen molar-refractivity contribution < 1.29 is 24.6 Å². The molecule has 1 atom stereocenters. The van der Waals surface area contributed by atoms with E-state index in [1.165, 1.54) is 12.1 Å². The Hall–Kier alpha value is -1.69. The molecule has 0 fully saturated rings. The van der Waals surface area contributed by atoms with Crippen molar-refractivity contribution in [3.8, 4) is 11.8 Å². The van der Waals surface area contributed by atoms with Gasteiger partial charge in [-0.3, -0.25) is 0 Å². The van der Waals surface area contributed by atoms with Crippen molar-refractivity contribution in [2.45, 2.75) is 53.1 Å². The number of nitrogens with zero attached hydrogens (tertiary/aromatic N) is 1. The molecule has 0 aliphatic carbocycles. The molecule has 0 spiro atoms. The Bertz CT molecular complexity index is 469. The van der Waals surface area contributed by atoms with Crippen LogP contribution in [0.2, 0.25) is 0 Å². The third-order valence-corrected chi connectivity index (χ3v) is 3.43. The molecule has 0 amide bonds. The van der Waals surface area contributed by atoms with Gasteiger partial charge in [0.2, 0.25) is 11.8 Å². The smallest absolute Gasteiger partial charge is 0.339 e. The van der Waals surface area contributed by atoms with Crippen LogP contribution < -0.4 is 4.84 Å². The van der Waals surface area contributed by atoms with Crippen LogP contribution in [0.25, 0.3) is 0 Å². The summed E-state index contributed by atoms with van der Waals surface area (Å²) in [6.45, 7) is 9.93. The van der Waals surface area contributed by atoms with E-state index in [0.717, 1.165) is 0 Å². The van der Waals surface area contributed by atoms with Crippen molar-refractivity contribution in [3.05, 3.63) is 12.1 Å². The van der Waals surface area contributed by atoms with Gasteiger partial charge in [0.1, 0.15) is 0 Å². The van der Waals surface area contributed by atoms with Crippen LogP contribution in [0.1, 0.15) is 47.5 Å². The molecular formula is C15H25NO5. The second kappa shape index (κ2) is 6.39. The highest BCUT2D eigenvalue weighted by Crippen LogP contribution is 2.29. The second-order valence-electron chi connectivity index (χ2n) is 6.35. The number of hydrogen-bond donors (Lipinski definition) is 2. The van der Waals surface area contributed by atoms with Gasteiger partial charge in [-0.15, -0.1) is 4.73 Å². The van der Waals surface area contributed by atoms with Gasteiger partial charge in [-0.05, 0) is 40.5 Å². The van der Waals surface area contributed by atoms with Crippen LogP contribution in [0.4, 0.5) is 0 Å². The number of rotatable bonds is 6. The summed E-state index contributed by atoms with van der Waals surface area (Å²) in [6, 6.07) is 2.49. The SMILES string of the molecule is CCC(C)(CCOC(C)(C)C)C(=O)On1c(O)ccc1O. The molecule has 1 aromatic rings. The minimum Gasteiger partial charge on any atom is -0.492 e. The summed E-state index contributed by atoms with van der Waals surface area (Å²) in [7, 11) is 0. The Morgan fingerprint density at radius 2 is 1.71 bits per heavy atom. The van der Waals surface area contributed by atoms with E-state index in [4.69, 9.17) is 9.57 Å². The van der Waals surface area contributed by atoms with Gasteiger partial charge in [0, 0.05) is 18.7 Å². The van der Waals surface area contributed by atoms with E-state index >= 15 is 0 Å². The van der Waals surface area contributed by atoms with Gasteiger partial charge in [0.15, 0.2) is 0 Å². The summed E-state index contributed by atoms with van der Waals surface area (Å²) in [5.74, 6) is -1.18. The Kier molecular flexibility index (Phi) is 5.28. The van der Waals surface area contributed by atoms with Crippen LogP contribution >= 0.6 is 0 Å². The average Bonchev–Trinajstić information content (AvgIpc) is 2.68. The molecule has 0 aliphatic heterocycles. The quantitative estimate of drug-likeness (QED) is 0.843. The monoisotopic (exact) mass is 299 g/mol. The summed E-state index contributed by atoms with van der Waals surface area (Å²) < 4.78 is 6.36. The lowest BCUT2D eigenvalue weighted by Crippen LogP contribution is -2.37. The van der Waals surface area contributed by atoms with Crippen molar-refractivity contribution in [1.82, 2.24) is 4.73 Å². The van der Waals surface area contributed by atoms with Crippen LogP contribution in [0.5, 0.6) is 11.8 Å². The first kappa shape index (κ1) is 17.4. The Balaban J connectivity index is 2.71. The highest BCUT2D eigenvalue weighted by molar-refractivity contribution is 5.76. The number of aromatic nitrogens is 1. The molecule has 6 nitrogen and oxygen atoms in total. The van der Waals surface area contributed by atoms with Gasteiger partial charge >= 0.3 is 5.97 Å². The molecule has 6 heteroatoms. The minimum atomic E-state index is -0.756. The molecule has 0 aliphatic rings. The number of carbonyl (C=O) groups excluding carboxylic acids is 1. The molecule has 1 aromatic heterocycles. The van der Waals surface area contributed by atoms with E-state index in [0.29, 0.717) is 24.2 Å². The largest absolute Gasteiger partial charge is 0.492 e. The zero-order valence-corrected chi connectivity index (χ0v) is 13.3. The Morgan fingerprint density at radius 1 is 1.19 bits per heavy atom. The summed E-state index contributed by atoms with van der Waals surface area (Å²) in [6.07, 6.45) is 1.05. The fourth-order valence-electron chi connectivity index (χ4n) is 1.69. The van der Waals surface area contributed by atoms with Gasteiger partial charge in [-0.25, -0.2) is 4.79 Å². The molecule has 120 valence electrons. The first-order valence-corrected chi connectivity index (χ1v) is 7.05. The predicted octanol–water partition coefficient (Wildman–Crippen LogP) is 2.48. The van der Waals surface area contributed by atoms with Crippen molar-refractivity contribution in [2.24, 2.45) is 5.41 Å². The molecule has 0 bridgehead atoms. The van der Waals surface area contributed by atoms with E-state index < -0.39 is 11.4 Å². The number of ether oxygens (including phenoxy) is 1. The van der Waals surface area contributed by atoms with Gasteiger partial charge in [-0.2, -0.15) is 0 Å². The highest BCUT2D eigenvalue weighted by Gasteiger charge is 2.35. The number of aromatic hydroxyl groups is 2. The van der Waals surface area contributed by atoms with Gasteiger partial charge in [0.05, 0.1) is 11.0 Å². The zero-order chi connectivity index (χ0) is 16.3. The van der Waals surface area contributed by atoms with Crippen molar-refractivity contribution in [3.63, 3.8) is 0 Å². The van der Waals surface area contributed by atoms with E-state index in [9.17, 15) is 15.0 Å². The normalized spacial score (nSPS) is 14.7. The molecule has 2 N–H and O–H groups in total. The van der Waals surface area contributed by atoms with Crippen LogP contribution in [-0.2, 0) is 9.53 Å². The molecule has 0 radical (unpaired) electrons. The summed E-state index contributed by atoms with van der Waals surface area (Å²) in [5, 5.41) is 19.0. The summed E-state index contributed by atoms with van der Waals surface area (Å²) >= 11 is 0.